The van der Waals surface area contributed by atoms with Gasteiger partial charge in [0.25, 0.3) is 11.6 Å². The van der Waals surface area contributed by atoms with E-state index in [4.69, 9.17) is 16.4 Å². The van der Waals surface area contributed by atoms with Crippen LogP contribution in [0.2, 0.25) is 5.02 Å². The molecule has 2 aromatic rings. The fourth-order valence-electron chi connectivity index (χ4n) is 3.50. The van der Waals surface area contributed by atoms with Gasteiger partial charge in [-0.25, -0.2) is 5.06 Å². The second-order valence-corrected chi connectivity index (χ2v) is 6.82. The van der Waals surface area contributed by atoms with E-state index in [1.807, 2.05) is 0 Å². The summed E-state index contributed by atoms with van der Waals surface area (Å²) in [6.07, 6.45) is -0.932. The van der Waals surface area contributed by atoms with Crippen molar-refractivity contribution in [2.75, 3.05) is 12.1 Å². The van der Waals surface area contributed by atoms with Crippen molar-refractivity contribution < 1.29 is 19.3 Å². The molecule has 27 heavy (non-hydrogen) atoms. The summed E-state index contributed by atoms with van der Waals surface area (Å²) in [5, 5.41) is 13.0. The van der Waals surface area contributed by atoms with Gasteiger partial charge in [0, 0.05) is 24.2 Å². The zero-order valence-corrected chi connectivity index (χ0v) is 14.9. The van der Waals surface area contributed by atoms with Crippen LogP contribution >= 0.6 is 11.6 Å². The van der Waals surface area contributed by atoms with Crippen molar-refractivity contribution in [1.29, 1.82) is 0 Å². The summed E-state index contributed by atoms with van der Waals surface area (Å²) in [5.41, 5.74) is 1.21. The lowest BCUT2D eigenvalue weighted by molar-refractivity contribution is -0.384. The Kier molecular flexibility index (Phi) is 4.09. The molecule has 0 aliphatic carbocycles. The van der Waals surface area contributed by atoms with Crippen LogP contribution in [0.4, 0.5) is 11.4 Å². The van der Waals surface area contributed by atoms with Crippen LogP contribution in [0.5, 0.6) is 0 Å². The molecule has 138 valence electrons. The number of likely N-dealkylation sites (N-methyl/N-ethyl adjacent to an activating group) is 1. The normalized spacial score (nSPS) is 24.4. The van der Waals surface area contributed by atoms with Crippen LogP contribution in [-0.2, 0) is 14.4 Å². The number of carbonyl (C=O) groups is 2. The van der Waals surface area contributed by atoms with E-state index in [9.17, 15) is 19.7 Å². The second kappa shape index (κ2) is 6.33. The van der Waals surface area contributed by atoms with Gasteiger partial charge in [0.15, 0.2) is 6.10 Å². The van der Waals surface area contributed by atoms with Crippen molar-refractivity contribution in [3.8, 4) is 0 Å². The number of rotatable bonds is 3. The minimum Gasteiger partial charge on any atom is -0.283 e. The summed E-state index contributed by atoms with van der Waals surface area (Å²) in [5.74, 6) is -1.49. The van der Waals surface area contributed by atoms with Gasteiger partial charge in [-0.05, 0) is 29.8 Å². The monoisotopic (exact) mass is 387 g/mol. The Morgan fingerprint density at radius 2 is 1.67 bits per heavy atom. The highest BCUT2D eigenvalue weighted by Gasteiger charge is 2.58. The van der Waals surface area contributed by atoms with Gasteiger partial charge in [-0.3, -0.25) is 29.4 Å². The van der Waals surface area contributed by atoms with Crippen LogP contribution in [0, 0.1) is 16.0 Å². The van der Waals surface area contributed by atoms with E-state index in [2.05, 4.69) is 0 Å². The number of nitro groups is 1. The lowest BCUT2D eigenvalue weighted by Crippen LogP contribution is -2.34. The van der Waals surface area contributed by atoms with Crippen molar-refractivity contribution in [1.82, 2.24) is 4.90 Å². The molecule has 4 rings (SSSR count). The number of hydrogen-bond acceptors (Lipinski definition) is 6. The maximum absolute atomic E-state index is 12.7. The summed E-state index contributed by atoms with van der Waals surface area (Å²) in [6.45, 7) is 0. The smallest absolute Gasteiger partial charge is 0.269 e. The Morgan fingerprint density at radius 1 is 1.04 bits per heavy atom. The zero-order valence-electron chi connectivity index (χ0n) is 14.1. The number of fused-ring (bicyclic) bond motifs is 1. The van der Waals surface area contributed by atoms with Crippen LogP contribution in [0.25, 0.3) is 0 Å². The predicted octanol–water partition coefficient (Wildman–Crippen LogP) is 2.72. The molecule has 3 atom stereocenters. The average Bonchev–Trinajstić information content (AvgIpc) is 3.15. The molecule has 0 aromatic heterocycles. The van der Waals surface area contributed by atoms with E-state index in [1.165, 1.54) is 24.2 Å². The molecule has 2 aliphatic rings. The largest absolute Gasteiger partial charge is 0.283 e. The molecule has 0 N–H and O–H groups in total. The number of benzene rings is 2. The molecule has 0 radical (unpaired) electrons. The standard InChI is InChI=1S/C18H14ClN3O5/c1-20-17(23)14-15(10-2-6-13(7-3-10)22(25)26)21(27-16(14)18(20)24)12-8-4-11(19)5-9-12/h2-9,14-16H,1H3/t14-,15+,16+/m0/s1. The van der Waals surface area contributed by atoms with Crippen molar-refractivity contribution in [2.45, 2.75) is 12.1 Å². The molecule has 2 fully saturated rings. The summed E-state index contributed by atoms with van der Waals surface area (Å²) < 4.78 is 0. The highest BCUT2D eigenvalue weighted by molar-refractivity contribution is 6.30. The first-order valence-electron chi connectivity index (χ1n) is 8.16. The molecule has 0 saturated carbocycles. The number of non-ortho nitro benzene ring substituents is 1. The lowest BCUT2D eigenvalue weighted by atomic mass is 9.90. The summed E-state index contributed by atoms with van der Waals surface area (Å²) in [7, 11) is 1.42. The molecule has 0 unspecified atom stereocenters. The van der Waals surface area contributed by atoms with Gasteiger partial charge in [-0.15, -0.1) is 0 Å². The van der Waals surface area contributed by atoms with Gasteiger partial charge >= 0.3 is 0 Å². The van der Waals surface area contributed by atoms with Crippen molar-refractivity contribution in [3.05, 3.63) is 69.2 Å². The number of carbonyl (C=O) groups excluding carboxylic acids is 2. The molecule has 8 nitrogen and oxygen atoms in total. The van der Waals surface area contributed by atoms with E-state index in [0.29, 0.717) is 16.3 Å². The fraction of sp³-hybridized carbons (Fsp3) is 0.222. The molecule has 2 heterocycles. The van der Waals surface area contributed by atoms with Gasteiger partial charge in [0.2, 0.25) is 5.91 Å². The molecule has 2 aliphatic heterocycles. The topological polar surface area (TPSA) is 93.0 Å². The summed E-state index contributed by atoms with van der Waals surface area (Å²) >= 11 is 5.94. The highest BCUT2D eigenvalue weighted by atomic mass is 35.5. The molecule has 2 amide bonds. The number of nitro benzene ring substituents is 1. The van der Waals surface area contributed by atoms with E-state index < -0.39 is 28.9 Å². The molecule has 0 spiro atoms. The summed E-state index contributed by atoms with van der Waals surface area (Å²) in [4.78, 5) is 42.4. The molecular formula is C18H14ClN3O5. The third-order valence-electron chi connectivity index (χ3n) is 4.86. The number of halogens is 1. The third-order valence-corrected chi connectivity index (χ3v) is 5.11. The Morgan fingerprint density at radius 3 is 2.26 bits per heavy atom. The number of hydroxylamine groups is 1. The van der Waals surface area contributed by atoms with Crippen molar-refractivity contribution in [2.24, 2.45) is 5.92 Å². The number of anilines is 1. The fourth-order valence-corrected chi connectivity index (χ4v) is 3.62. The number of nitrogens with zero attached hydrogens (tertiary/aromatic N) is 3. The average molecular weight is 388 g/mol. The molecule has 0 bridgehead atoms. The second-order valence-electron chi connectivity index (χ2n) is 6.38. The van der Waals surface area contributed by atoms with Gasteiger partial charge in [-0.1, -0.05) is 23.7 Å². The van der Waals surface area contributed by atoms with Gasteiger partial charge in [0.05, 0.1) is 16.7 Å². The first kappa shape index (κ1) is 17.4. The number of imide groups is 1. The van der Waals surface area contributed by atoms with Gasteiger partial charge < -0.3 is 0 Å². The van der Waals surface area contributed by atoms with E-state index >= 15 is 0 Å². The highest BCUT2D eigenvalue weighted by Crippen LogP contribution is 2.46. The number of amides is 2. The molecule has 2 saturated heterocycles. The maximum atomic E-state index is 12.7. The minimum absolute atomic E-state index is 0.0572. The lowest BCUT2D eigenvalue weighted by Gasteiger charge is -2.28. The Labute approximate surface area is 159 Å². The quantitative estimate of drug-likeness (QED) is 0.456. The minimum atomic E-state index is -0.932. The predicted molar refractivity (Wildman–Crippen MR) is 95.9 cm³/mol. The van der Waals surface area contributed by atoms with E-state index in [1.54, 1.807) is 36.4 Å². The third kappa shape index (κ3) is 2.73. The Hall–Kier alpha value is -2.97. The van der Waals surface area contributed by atoms with Gasteiger partial charge in [0.1, 0.15) is 5.92 Å². The van der Waals surface area contributed by atoms with Crippen LogP contribution in [0.1, 0.15) is 11.6 Å². The number of hydrogen-bond donors (Lipinski definition) is 0. The number of likely N-dealkylation sites (tertiary alicyclic amines) is 1. The maximum Gasteiger partial charge on any atom is 0.269 e. The van der Waals surface area contributed by atoms with Gasteiger partial charge in [-0.2, -0.15) is 0 Å². The van der Waals surface area contributed by atoms with Crippen LogP contribution in [-0.4, -0.2) is 34.8 Å². The molecule has 2 aromatic carbocycles. The molecule has 9 heteroatoms. The van der Waals surface area contributed by atoms with Crippen molar-refractivity contribution in [3.63, 3.8) is 0 Å². The Balaban J connectivity index is 1.79. The first-order chi connectivity index (χ1) is 12.9. The zero-order chi connectivity index (χ0) is 19.3. The SMILES string of the molecule is CN1C(=O)[C@H]2[C@@H](c3ccc([N+](=O)[O-])cc3)N(c3ccc(Cl)cc3)O[C@H]2C1=O. The molecular weight excluding hydrogens is 374 g/mol. The Bertz CT molecular complexity index is 931. The van der Waals surface area contributed by atoms with E-state index in [-0.39, 0.29) is 11.6 Å². The van der Waals surface area contributed by atoms with Crippen LogP contribution in [0.3, 0.4) is 0 Å². The van der Waals surface area contributed by atoms with Crippen molar-refractivity contribution >= 4 is 34.8 Å². The first-order valence-corrected chi connectivity index (χ1v) is 8.53. The summed E-state index contributed by atoms with van der Waals surface area (Å²) in [6, 6.07) is 12.1. The van der Waals surface area contributed by atoms with Crippen LogP contribution in [0.15, 0.2) is 48.5 Å². The van der Waals surface area contributed by atoms with Crippen LogP contribution < -0.4 is 5.06 Å². The van der Waals surface area contributed by atoms with E-state index in [0.717, 1.165) is 4.90 Å².